The molecule has 0 saturated carbocycles. The molecule has 0 spiro atoms. The van der Waals surface area contributed by atoms with Gasteiger partial charge in [-0.1, -0.05) is 56.2 Å². The highest BCUT2D eigenvalue weighted by molar-refractivity contribution is 5.87. The van der Waals surface area contributed by atoms with E-state index in [9.17, 15) is 9.90 Å². The van der Waals surface area contributed by atoms with Gasteiger partial charge < -0.3 is 16.6 Å². The number of carboxylic acid groups (broad SMARTS) is 1. The van der Waals surface area contributed by atoms with Crippen LogP contribution in [0.2, 0.25) is 0 Å². The summed E-state index contributed by atoms with van der Waals surface area (Å²) in [6.07, 6.45) is 8.96. The molecule has 6 heteroatoms. The molecule has 1 aromatic rings. The number of aliphatic imine (C=N–C) groups is 2. The molecule has 0 aliphatic rings. The molecule has 0 aromatic heterocycles. The minimum Gasteiger partial charge on any atom is -0.480 e. The molecule has 0 saturated heterocycles. The Morgan fingerprint density at radius 2 is 1.92 bits per heavy atom. The number of aliphatic carboxylic acids is 1. The largest absolute Gasteiger partial charge is 0.480 e. The van der Waals surface area contributed by atoms with Gasteiger partial charge >= 0.3 is 5.97 Å². The number of carboxylic acids is 1. The molecule has 0 unspecified atom stereocenters. The van der Waals surface area contributed by atoms with Crippen LogP contribution in [0.15, 0.2) is 45.9 Å². The van der Waals surface area contributed by atoms with Crippen molar-refractivity contribution in [2.45, 2.75) is 51.5 Å². The van der Waals surface area contributed by atoms with E-state index < -0.39 is 12.0 Å². The maximum Gasteiger partial charge on any atom is 0.328 e. The lowest BCUT2D eigenvalue weighted by Crippen LogP contribution is -2.23. The summed E-state index contributed by atoms with van der Waals surface area (Å²) < 4.78 is 0. The van der Waals surface area contributed by atoms with E-state index in [1.54, 1.807) is 6.21 Å². The average Bonchev–Trinajstić information content (AvgIpc) is 2.61. The number of rotatable bonds is 12. The molecule has 0 heterocycles. The number of allylic oxidation sites excluding steroid dienone is 1. The number of unbranched alkanes of at least 4 members (excludes halogenated alkanes) is 2. The first-order valence-electron chi connectivity index (χ1n) is 9.10. The van der Waals surface area contributed by atoms with E-state index in [4.69, 9.17) is 11.5 Å². The van der Waals surface area contributed by atoms with Crippen LogP contribution in [0.5, 0.6) is 0 Å². The van der Waals surface area contributed by atoms with Crippen molar-refractivity contribution >= 4 is 24.2 Å². The van der Waals surface area contributed by atoms with E-state index in [0.29, 0.717) is 19.4 Å². The summed E-state index contributed by atoms with van der Waals surface area (Å²) in [5.74, 6) is -0.914. The van der Waals surface area contributed by atoms with Crippen molar-refractivity contribution in [3.63, 3.8) is 0 Å². The Kier molecular flexibility index (Phi) is 10.5. The fraction of sp³-hybridized carbons (Fsp3) is 0.450. The van der Waals surface area contributed by atoms with Crippen LogP contribution in [0.1, 0.15) is 51.0 Å². The third-order valence-corrected chi connectivity index (χ3v) is 3.86. The normalized spacial score (nSPS) is 12.9. The van der Waals surface area contributed by atoms with Crippen LogP contribution in [0.25, 0.3) is 6.08 Å². The topological polar surface area (TPSA) is 114 Å². The van der Waals surface area contributed by atoms with Crippen LogP contribution >= 0.6 is 0 Å². The highest BCUT2D eigenvalue weighted by Crippen LogP contribution is 2.13. The third-order valence-electron chi connectivity index (χ3n) is 3.86. The molecule has 1 atom stereocenters. The third kappa shape index (κ3) is 9.61. The molecule has 6 nitrogen and oxygen atoms in total. The maximum absolute atomic E-state index is 11.4. The van der Waals surface area contributed by atoms with E-state index >= 15 is 0 Å². The number of hydrogen-bond donors (Lipinski definition) is 3. The summed E-state index contributed by atoms with van der Waals surface area (Å²) in [6.45, 7) is 2.57. The maximum atomic E-state index is 11.4. The van der Waals surface area contributed by atoms with Gasteiger partial charge in [0.15, 0.2) is 5.96 Å². The quantitative estimate of drug-likeness (QED) is 0.302. The molecule has 0 radical (unpaired) electrons. The van der Waals surface area contributed by atoms with Gasteiger partial charge in [-0.3, -0.25) is 9.98 Å². The smallest absolute Gasteiger partial charge is 0.328 e. The fourth-order valence-electron chi connectivity index (χ4n) is 2.46. The molecule has 0 aliphatic heterocycles. The molecule has 26 heavy (non-hydrogen) atoms. The molecular formula is C20H30N4O2. The van der Waals surface area contributed by atoms with Crippen LogP contribution in [-0.4, -0.2) is 35.8 Å². The number of benzene rings is 1. The van der Waals surface area contributed by atoms with Gasteiger partial charge in [-0.15, -0.1) is 0 Å². The van der Waals surface area contributed by atoms with Gasteiger partial charge in [0.25, 0.3) is 0 Å². The van der Waals surface area contributed by atoms with Gasteiger partial charge in [-0.2, -0.15) is 0 Å². The van der Waals surface area contributed by atoms with Crippen molar-refractivity contribution in [2.24, 2.45) is 21.5 Å². The second kappa shape index (κ2) is 12.7. The molecule has 142 valence electrons. The van der Waals surface area contributed by atoms with Gasteiger partial charge in [0.1, 0.15) is 6.04 Å². The standard InChI is InChI=1S/C20H30N4O2/c1-2-3-5-11-17(14-16-9-6-4-7-10-16)15-24-18(19(25)26)12-8-13-23-20(21)22/h4,6-7,9-10,14-15,18H,2-3,5,8,11-13H2,1H3,(H,25,26)(H4,21,22,23)/t18-/m0/s1. The van der Waals surface area contributed by atoms with E-state index in [2.05, 4.69) is 23.0 Å². The summed E-state index contributed by atoms with van der Waals surface area (Å²) in [5, 5.41) is 9.38. The lowest BCUT2D eigenvalue weighted by atomic mass is 10.0. The summed E-state index contributed by atoms with van der Waals surface area (Å²) in [7, 11) is 0. The predicted octanol–water partition coefficient (Wildman–Crippen LogP) is 3.23. The summed E-state index contributed by atoms with van der Waals surface area (Å²) in [4.78, 5) is 19.6. The monoisotopic (exact) mass is 358 g/mol. The van der Waals surface area contributed by atoms with Crippen molar-refractivity contribution in [1.82, 2.24) is 0 Å². The Balaban J connectivity index is 2.79. The summed E-state index contributed by atoms with van der Waals surface area (Å²) in [6, 6.07) is 9.20. The number of carbonyl (C=O) groups is 1. The minimum atomic E-state index is -0.932. The molecule has 5 N–H and O–H groups in total. The molecule has 1 aromatic carbocycles. The second-order valence-corrected chi connectivity index (χ2v) is 6.17. The highest BCUT2D eigenvalue weighted by atomic mass is 16.4. The van der Waals surface area contributed by atoms with E-state index in [1.165, 1.54) is 0 Å². The van der Waals surface area contributed by atoms with Crippen molar-refractivity contribution in [1.29, 1.82) is 0 Å². The summed E-state index contributed by atoms with van der Waals surface area (Å²) >= 11 is 0. The Labute approximate surface area is 155 Å². The highest BCUT2D eigenvalue weighted by Gasteiger charge is 2.14. The number of nitrogens with two attached hydrogens (primary N) is 2. The van der Waals surface area contributed by atoms with E-state index in [1.807, 2.05) is 30.3 Å². The van der Waals surface area contributed by atoms with Gasteiger partial charge in [0.05, 0.1) is 0 Å². The number of hydrogen-bond acceptors (Lipinski definition) is 3. The molecule has 0 amide bonds. The molecule has 0 aliphatic carbocycles. The van der Waals surface area contributed by atoms with Gasteiger partial charge in [-0.05, 0) is 36.8 Å². The van der Waals surface area contributed by atoms with E-state index in [-0.39, 0.29) is 5.96 Å². The Bertz CT molecular complexity index is 620. The molecule has 0 fully saturated rings. The van der Waals surface area contributed by atoms with Gasteiger partial charge in [0.2, 0.25) is 0 Å². The first-order valence-corrected chi connectivity index (χ1v) is 9.10. The minimum absolute atomic E-state index is 0.0179. The Hall–Kier alpha value is -2.63. The second-order valence-electron chi connectivity index (χ2n) is 6.17. The van der Waals surface area contributed by atoms with Crippen LogP contribution in [0.3, 0.4) is 0 Å². The zero-order valence-electron chi connectivity index (χ0n) is 15.5. The first-order chi connectivity index (χ1) is 12.5. The molecule has 0 bridgehead atoms. The lowest BCUT2D eigenvalue weighted by Gasteiger charge is -2.08. The zero-order chi connectivity index (χ0) is 19.2. The van der Waals surface area contributed by atoms with Crippen LogP contribution in [0, 0.1) is 0 Å². The van der Waals surface area contributed by atoms with Crippen molar-refractivity contribution in [2.75, 3.05) is 6.54 Å². The Morgan fingerprint density at radius 3 is 2.54 bits per heavy atom. The van der Waals surface area contributed by atoms with Gasteiger partial charge in [0, 0.05) is 12.8 Å². The first kappa shape index (κ1) is 21.4. The van der Waals surface area contributed by atoms with Crippen LogP contribution in [-0.2, 0) is 4.79 Å². The fourth-order valence-corrected chi connectivity index (χ4v) is 2.46. The number of guanidine groups is 1. The average molecular weight is 358 g/mol. The molecular weight excluding hydrogens is 328 g/mol. The van der Waals surface area contributed by atoms with Crippen LogP contribution < -0.4 is 11.5 Å². The Morgan fingerprint density at radius 1 is 1.19 bits per heavy atom. The van der Waals surface area contributed by atoms with Crippen molar-refractivity contribution in [3.05, 3.63) is 41.5 Å². The number of nitrogens with zero attached hydrogens (tertiary/aromatic N) is 2. The van der Waals surface area contributed by atoms with E-state index in [0.717, 1.165) is 36.8 Å². The SMILES string of the molecule is CCCCCC(C=N[C@@H](CCCN=C(N)N)C(=O)O)=Cc1ccccc1. The van der Waals surface area contributed by atoms with Gasteiger partial charge in [-0.25, -0.2) is 4.79 Å². The zero-order valence-corrected chi connectivity index (χ0v) is 15.5. The van der Waals surface area contributed by atoms with Crippen molar-refractivity contribution < 1.29 is 9.90 Å². The molecule has 1 rings (SSSR count). The predicted molar refractivity (Wildman–Crippen MR) is 108 cm³/mol. The summed E-state index contributed by atoms with van der Waals surface area (Å²) in [5.41, 5.74) is 12.7. The van der Waals surface area contributed by atoms with Crippen molar-refractivity contribution in [3.8, 4) is 0 Å². The lowest BCUT2D eigenvalue weighted by molar-refractivity contribution is -0.138. The van der Waals surface area contributed by atoms with Crippen LogP contribution in [0.4, 0.5) is 0 Å².